The summed E-state index contributed by atoms with van der Waals surface area (Å²) in [6, 6.07) is 53.8. The Labute approximate surface area is 343 Å². The second-order valence-electron chi connectivity index (χ2n) is 16.1. The lowest BCUT2D eigenvalue weighted by atomic mass is 9.86. The smallest absolute Gasteiger partial charge is 0.0702 e. The van der Waals surface area contributed by atoms with E-state index in [1.54, 1.807) is 0 Å². The maximum Gasteiger partial charge on any atom is 0.0702 e. The Morgan fingerprint density at radius 3 is 1.10 bits per heavy atom. The van der Waals surface area contributed by atoms with Crippen LogP contribution >= 0.6 is 0 Å². The number of fused-ring (bicyclic) bond motifs is 4. The first-order valence-electron chi connectivity index (χ1n) is 21.6. The minimum Gasteiger partial charge on any atom is -0.256 e. The first-order chi connectivity index (χ1) is 28.7. The van der Waals surface area contributed by atoms with E-state index in [1.807, 2.05) is 0 Å². The summed E-state index contributed by atoms with van der Waals surface area (Å²) in [6.45, 7) is 4.54. The topological polar surface area (TPSA) is 25.8 Å². The van der Waals surface area contributed by atoms with E-state index in [9.17, 15) is 0 Å². The van der Waals surface area contributed by atoms with Gasteiger partial charge in [0.15, 0.2) is 0 Å². The molecule has 0 aliphatic heterocycles. The summed E-state index contributed by atoms with van der Waals surface area (Å²) in [7, 11) is 0. The Morgan fingerprint density at radius 1 is 0.345 bits per heavy atom. The molecular weight excluding hydrogens is 701 g/mol. The van der Waals surface area contributed by atoms with Gasteiger partial charge in [0.2, 0.25) is 0 Å². The molecule has 0 saturated carbocycles. The van der Waals surface area contributed by atoms with Crippen LogP contribution in [0, 0.1) is 0 Å². The lowest BCUT2D eigenvalue weighted by Crippen LogP contribution is -1.93. The van der Waals surface area contributed by atoms with E-state index in [-0.39, 0.29) is 0 Å². The number of rotatable bonds is 14. The molecule has 58 heavy (non-hydrogen) atoms. The average molecular weight is 753 g/mol. The molecule has 2 heteroatoms. The van der Waals surface area contributed by atoms with Crippen molar-refractivity contribution in [3.05, 3.63) is 169 Å². The van der Waals surface area contributed by atoms with Crippen LogP contribution < -0.4 is 0 Å². The molecule has 0 spiro atoms. The molecule has 286 valence electrons. The first kappa shape index (κ1) is 37.5. The molecule has 0 aliphatic carbocycles. The van der Waals surface area contributed by atoms with Gasteiger partial charge in [-0.2, -0.15) is 0 Å². The Balaban J connectivity index is 1.01. The molecule has 0 N–H and O–H groups in total. The molecule has 9 rings (SSSR count). The number of hydrogen-bond acceptors (Lipinski definition) is 2. The van der Waals surface area contributed by atoms with Crippen molar-refractivity contribution in [3.63, 3.8) is 0 Å². The van der Waals surface area contributed by atoms with Crippen LogP contribution in [0.2, 0.25) is 0 Å². The standard InChI is InChI=1S/C56H52N2/c1-3-5-7-9-15-39-21-23-43-35-45(27-25-41(43)33-39)53-31-29-47(37-57-53)55-49-17-11-13-19-51(49)56(52-20-14-12-18-50(52)55)48-30-32-54(58-38-48)46-28-26-42-34-40(16-10-8-6-4-2)22-24-44(42)36-46/h11-14,17-38H,3-10,15-16H2,1-2H3. The third kappa shape index (κ3) is 7.77. The van der Waals surface area contributed by atoms with E-state index < -0.39 is 0 Å². The molecule has 0 amide bonds. The van der Waals surface area contributed by atoms with Crippen LogP contribution in [0.3, 0.4) is 0 Å². The van der Waals surface area contributed by atoms with Gasteiger partial charge < -0.3 is 0 Å². The quantitative estimate of drug-likeness (QED) is 0.0816. The van der Waals surface area contributed by atoms with Gasteiger partial charge in [0.25, 0.3) is 0 Å². The number of aromatic nitrogens is 2. The summed E-state index contributed by atoms with van der Waals surface area (Å²) in [6.07, 6.45) is 16.7. The number of nitrogens with zero attached hydrogens (tertiary/aromatic N) is 2. The van der Waals surface area contributed by atoms with E-state index in [0.29, 0.717) is 0 Å². The highest BCUT2D eigenvalue weighted by molar-refractivity contribution is 6.21. The van der Waals surface area contributed by atoms with Gasteiger partial charge in [-0.3, -0.25) is 9.97 Å². The van der Waals surface area contributed by atoms with Crippen LogP contribution in [-0.4, -0.2) is 9.97 Å². The van der Waals surface area contributed by atoms with Crippen molar-refractivity contribution < 1.29 is 0 Å². The van der Waals surface area contributed by atoms with Crippen molar-refractivity contribution in [1.29, 1.82) is 0 Å². The zero-order valence-corrected chi connectivity index (χ0v) is 34.0. The van der Waals surface area contributed by atoms with Crippen molar-refractivity contribution in [3.8, 4) is 44.8 Å². The van der Waals surface area contributed by atoms with Gasteiger partial charge in [0.1, 0.15) is 0 Å². The van der Waals surface area contributed by atoms with Gasteiger partial charge >= 0.3 is 0 Å². The van der Waals surface area contributed by atoms with E-state index in [4.69, 9.17) is 9.97 Å². The van der Waals surface area contributed by atoms with Crippen molar-refractivity contribution in [2.75, 3.05) is 0 Å². The first-order valence-corrected chi connectivity index (χ1v) is 21.6. The number of benzene rings is 7. The summed E-state index contributed by atoms with van der Waals surface area (Å²) in [5.41, 5.74) is 11.8. The summed E-state index contributed by atoms with van der Waals surface area (Å²) in [5.74, 6) is 0. The number of hydrogen-bond donors (Lipinski definition) is 0. The van der Waals surface area contributed by atoms with E-state index in [2.05, 4.69) is 172 Å². The van der Waals surface area contributed by atoms with Crippen molar-refractivity contribution in [2.45, 2.75) is 78.1 Å². The number of aryl methyl sites for hydroxylation is 2. The van der Waals surface area contributed by atoms with E-state index >= 15 is 0 Å². The molecule has 0 atom stereocenters. The van der Waals surface area contributed by atoms with Crippen LogP contribution in [-0.2, 0) is 12.8 Å². The lowest BCUT2D eigenvalue weighted by Gasteiger charge is -2.17. The summed E-state index contributed by atoms with van der Waals surface area (Å²) in [4.78, 5) is 10.1. The normalized spacial score (nSPS) is 11.6. The third-order valence-corrected chi connectivity index (χ3v) is 12.1. The number of pyridine rings is 2. The minimum absolute atomic E-state index is 0.986. The summed E-state index contributed by atoms with van der Waals surface area (Å²) >= 11 is 0. The third-order valence-electron chi connectivity index (χ3n) is 12.1. The lowest BCUT2D eigenvalue weighted by molar-refractivity contribution is 0.667. The summed E-state index contributed by atoms with van der Waals surface area (Å²) in [5, 5.41) is 9.97. The Hall–Kier alpha value is -6.12. The molecule has 0 unspecified atom stereocenters. The van der Waals surface area contributed by atoms with Crippen LogP contribution in [0.5, 0.6) is 0 Å². The fourth-order valence-electron chi connectivity index (χ4n) is 8.91. The fraction of sp³-hybridized carbons (Fsp3) is 0.214. The molecule has 0 saturated heterocycles. The molecule has 0 aliphatic rings. The van der Waals surface area contributed by atoms with Crippen molar-refractivity contribution >= 4 is 43.1 Å². The van der Waals surface area contributed by atoms with Crippen LogP contribution in [0.4, 0.5) is 0 Å². The Kier molecular flexibility index (Phi) is 11.1. The van der Waals surface area contributed by atoms with Crippen LogP contribution in [0.15, 0.2) is 158 Å². The van der Waals surface area contributed by atoms with Crippen LogP contribution in [0.25, 0.3) is 87.9 Å². The summed E-state index contributed by atoms with van der Waals surface area (Å²) < 4.78 is 0. The van der Waals surface area contributed by atoms with Gasteiger partial charge in [-0.25, -0.2) is 0 Å². The van der Waals surface area contributed by atoms with Gasteiger partial charge in [0.05, 0.1) is 11.4 Å². The van der Waals surface area contributed by atoms with Gasteiger partial charge in [-0.1, -0.05) is 174 Å². The largest absolute Gasteiger partial charge is 0.256 e. The maximum atomic E-state index is 5.07. The molecule has 7 aromatic carbocycles. The zero-order valence-electron chi connectivity index (χ0n) is 34.0. The van der Waals surface area contributed by atoms with E-state index in [1.165, 1.54) is 117 Å². The molecule has 2 heterocycles. The second kappa shape index (κ2) is 17.2. The predicted octanol–water partition coefficient (Wildman–Crippen LogP) is 16.0. The van der Waals surface area contributed by atoms with Gasteiger partial charge in [0, 0.05) is 34.6 Å². The van der Waals surface area contributed by atoms with Crippen LogP contribution in [0.1, 0.15) is 76.3 Å². The fourth-order valence-corrected chi connectivity index (χ4v) is 8.91. The molecule has 2 nitrogen and oxygen atoms in total. The minimum atomic E-state index is 0.986. The van der Waals surface area contributed by atoms with E-state index in [0.717, 1.165) is 46.5 Å². The highest BCUT2D eigenvalue weighted by Gasteiger charge is 2.17. The molecular formula is C56H52N2. The highest BCUT2D eigenvalue weighted by Crippen LogP contribution is 2.44. The Bertz CT molecular complexity index is 2600. The van der Waals surface area contributed by atoms with Gasteiger partial charge in [-0.05, 0) is 115 Å². The maximum absolute atomic E-state index is 5.07. The average Bonchev–Trinajstić information content (AvgIpc) is 3.28. The molecule has 2 aromatic heterocycles. The van der Waals surface area contributed by atoms with Gasteiger partial charge in [-0.15, -0.1) is 0 Å². The predicted molar refractivity (Wildman–Crippen MR) is 249 cm³/mol. The second-order valence-corrected chi connectivity index (χ2v) is 16.1. The number of unbranched alkanes of at least 4 members (excludes halogenated alkanes) is 6. The SMILES string of the molecule is CCCCCCc1ccc2cc(-c3ccc(-c4c5ccccc5c(-c5ccc(-c6ccc7cc(CCCCCC)ccc7c6)nc5)c5ccccc45)cn3)ccc2c1. The Morgan fingerprint density at radius 2 is 0.724 bits per heavy atom. The van der Waals surface area contributed by atoms with Crippen molar-refractivity contribution in [2.24, 2.45) is 0 Å². The monoisotopic (exact) mass is 752 g/mol. The zero-order chi connectivity index (χ0) is 39.3. The molecule has 0 bridgehead atoms. The molecule has 9 aromatic rings. The highest BCUT2D eigenvalue weighted by atomic mass is 14.7. The van der Waals surface area contributed by atoms with Crippen molar-refractivity contribution in [1.82, 2.24) is 9.97 Å². The molecule has 0 fully saturated rings. The molecule has 0 radical (unpaired) electrons.